The van der Waals surface area contributed by atoms with E-state index in [1.54, 1.807) is 43.2 Å². The van der Waals surface area contributed by atoms with E-state index in [-0.39, 0.29) is 16.5 Å². The van der Waals surface area contributed by atoms with Gasteiger partial charge in [-0.25, -0.2) is 9.97 Å². The third kappa shape index (κ3) is 2.86. The van der Waals surface area contributed by atoms with Gasteiger partial charge in [0.15, 0.2) is 23.0 Å². The van der Waals surface area contributed by atoms with Gasteiger partial charge >= 0.3 is 0 Å². The van der Waals surface area contributed by atoms with Crippen molar-refractivity contribution in [3.63, 3.8) is 0 Å². The SMILES string of the molecule is COc1ccc(-n2c(-c3cc(Cl)c(O)cc3O)nc3cccnc32)cc1OC. The molecule has 4 rings (SSSR count). The van der Waals surface area contributed by atoms with Crippen LogP contribution in [0.3, 0.4) is 0 Å². The van der Waals surface area contributed by atoms with Crippen LogP contribution in [0, 0.1) is 0 Å². The van der Waals surface area contributed by atoms with Crippen LogP contribution >= 0.6 is 11.6 Å². The van der Waals surface area contributed by atoms with E-state index >= 15 is 0 Å². The molecule has 4 aromatic rings. The van der Waals surface area contributed by atoms with E-state index in [0.29, 0.717) is 39.7 Å². The average molecular weight is 398 g/mol. The summed E-state index contributed by atoms with van der Waals surface area (Å²) in [6.07, 6.45) is 1.66. The van der Waals surface area contributed by atoms with Crippen molar-refractivity contribution in [1.29, 1.82) is 0 Å². The van der Waals surface area contributed by atoms with Gasteiger partial charge in [0.2, 0.25) is 0 Å². The molecule has 0 aliphatic rings. The molecule has 0 saturated carbocycles. The van der Waals surface area contributed by atoms with Crippen LogP contribution in [-0.2, 0) is 0 Å². The molecule has 0 unspecified atom stereocenters. The molecule has 2 heterocycles. The molecule has 0 atom stereocenters. The van der Waals surface area contributed by atoms with Crippen LogP contribution in [0.15, 0.2) is 48.7 Å². The Morgan fingerprint density at radius 1 is 0.964 bits per heavy atom. The smallest absolute Gasteiger partial charge is 0.164 e. The quantitative estimate of drug-likeness (QED) is 0.537. The summed E-state index contributed by atoms with van der Waals surface area (Å²) in [7, 11) is 3.12. The van der Waals surface area contributed by atoms with Crippen molar-refractivity contribution < 1.29 is 19.7 Å². The van der Waals surface area contributed by atoms with Crippen molar-refractivity contribution in [1.82, 2.24) is 14.5 Å². The van der Waals surface area contributed by atoms with Crippen molar-refractivity contribution in [2.24, 2.45) is 0 Å². The molecule has 7 nitrogen and oxygen atoms in total. The number of rotatable bonds is 4. The van der Waals surface area contributed by atoms with Crippen LogP contribution in [0.2, 0.25) is 5.02 Å². The highest BCUT2D eigenvalue weighted by molar-refractivity contribution is 6.32. The molecule has 8 heteroatoms. The number of pyridine rings is 1. The van der Waals surface area contributed by atoms with Gasteiger partial charge in [-0.2, -0.15) is 0 Å². The summed E-state index contributed by atoms with van der Waals surface area (Å²) in [5.41, 5.74) is 2.29. The zero-order chi connectivity index (χ0) is 19.8. The molecule has 142 valence electrons. The highest BCUT2D eigenvalue weighted by Crippen LogP contribution is 2.39. The first-order chi connectivity index (χ1) is 13.5. The fourth-order valence-corrected chi connectivity index (χ4v) is 3.20. The highest BCUT2D eigenvalue weighted by atomic mass is 35.5. The van der Waals surface area contributed by atoms with Crippen LogP contribution in [0.1, 0.15) is 0 Å². The van der Waals surface area contributed by atoms with Crippen molar-refractivity contribution in [3.8, 4) is 40.1 Å². The summed E-state index contributed by atoms with van der Waals surface area (Å²) in [5, 5.41) is 20.3. The normalized spacial score (nSPS) is 11.0. The molecule has 0 aliphatic heterocycles. The molecule has 0 amide bonds. The standard InChI is InChI=1S/C20H16ClN3O4/c1-27-17-6-5-11(8-18(17)28-2)24-19(23-14-4-3-7-22-20(14)24)12-9-13(21)16(26)10-15(12)25/h3-10,25-26H,1-2H3. The number of imidazole rings is 1. The minimum atomic E-state index is -0.213. The maximum Gasteiger partial charge on any atom is 0.164 e. The van der Waals surface area contributed by atoms with Gasteiger partial charge in [0.1, 0.15) is 17.0 Å². The average Bonchev–Trinajstić information content (AvgIpc) is 3.09. The van der Waals surface area contributed by atoms with Crippen molar-refractivity contribution >= 4 is 22.8 Å². The molecule has 0 radical (unpaired) electrons. The first-order valence-electron chi connectivity index (χ1n) is 8.31. The predicted molar refractivity (Wildman–Crippen MR) is 106 cm³/mol. The fourth-order valence-electron chi connectivity index (χ4n) is 3.03. The van der Waals surface area contributed by atoms with Gasteiger partial charge in [0.25, 0.3) is 0 Å². The summed E-state index contributed by atoms with van der Waals surface area (Å²) in [4.78, 5) is 9.05. The van der Waals surface area contributed by atoms with Gasteiger partial charge < -0.3 is 19.7 Å². The van der Waals surface area contributed by atoms with E-state index in [1.807, 2.05) is 12.1 Å². The maximum atomic E-state index is 10.4. The number of aromatic hydroxyl groups is 2. The first kappa shape index (κ1) is 17.9. The monoisotopic (exact) mass is 397 g/mol. The van der Waals surface area contributed by atoms with E-state index in [1.165, 1.54) is 12.1 Å². The second kappa shape index (κ2) is 6.94. The lowest BCUT2D eigenvalue weighted by Crippen LogP contribution is -2.00. The Labute approximate surface area is 165 Å². The van der Waals surface area contributed by atoms with Crippen LogP contribution in [-0.4, -0.2) is 39.0 Å². The van der Waals surface area contributed by atoms with Gasteiger partial charge in [0, 0.05) is 18.3 Å². The Hall–Kier alpha value is -3.45. The molecule has 0 bridgehead atoms. The molecular weight excluding hydrogens is 382 g/mol. The molecule has 2 N–H and O–H groups in total. The number of methoxy groups -OCH3 is 2. The Morgan fingerprint density at radius 3 is 2.50 bits per heavy atom. The Morgan fingerprint density at radius 2 is 1.75 bits per heavy atom. The van der Waals surface area contributed by atoms with Crippen LogP contribution in [0.25, 0.3) is 28.2 Å². The maximum absolute atomic E-state index is 10.4. The second-order valence-electron chi connectivity index (χ2n) is 5.98. The second-order valence-corrected chi connectivity index (χ2v) is 6.38. The molecule has 0 aliphatic carbocycles. The zero-order valence-corrected chi connectivity index (χ0v) is 15.8. The summed E-state index contributed by atoms with van der Waals surface area (Å²) in [6.45, 7) is 0. The molecule has 0 spiro atoms. The number of phenolic OH excluding ortho intramolecular Hbond substituents is 2. The number of aromatic nitrogens is 3. The van der Waals surface area contributed by atoms with Crippen LogP contribution in [0.4, 0.5) is 0 Å². The minimum Gasteiger partial charge on any atom is -0.507 e. The van der Waals surface area contributed by atoms with Gasteiger partial charge in [0.05, 0.1) is 30.5 Å². The molecule has 2 aromatic heterocycles. The minimum absolute atomic E-state index is 0.103. The Kier molecular flexibility index (Phi) is 4.44. The van der Waals surface area contributed by atoms with Gasteiger partial charge in [-0.05, 0) is 30.3 Å². The van der Waals surface area contributed by atoms with Gasteiger partial charge in [-0.1, -0.05) is 11.6 Å². The third-order valence-electron chi connectivity index (χ3n) is 4.35. The number of benzene rings is 2. The van der Waals surface area contributed by atoms with E-state index in [0.717, 1.165) is 0 Å². The lowest BCUT2D eigenvalue weighted by Gasteiger charge is -2.13. The highest BCUT2D eigenvalue weighted by Gasteiger charge is 2.20. The summed E-state index contributed by atoms with van der Waals surface area (Å²) >= 11 is 6.07. The van der Waals surface area contributed by atoms with Gasteiger partial charge in [-0.3, -0.25) is 4.57 Å². The Bertz CT molecular complexity index is 1190. The number of fused-ring (bicyclic) bond motifs is 1. The summed E-state index contributed by atoms with van der Waals surface area (Å²) in [6, 6.07) is 11.6. The molecular formula is C20H16ClN3O4. The van der Waals surface area contributed by atoms with E-state index in [2.05, 4.69) is 9.97 Å². The fraction of sp³-hybridized carbons (Fsp3) is 0.100. The molecule has 0 saturated heterocycles. The molecule has 0 fully saturated rings. The van der Waals surface area contributed by atoms with E-state index in [9.17, 15) is 10.2 Å². The lowest BCUT2D eigenvalue weighted by atomic mass is 10.1. The largest absolute Gasteiger partial charge is 0.507 e. The Balaban J connectivity index is 2.04. The molecule has 28 heavy (non-hydrogen) atoms. The zero-order valence-electron chi connectivity index (χ0n) is 15.0. The van der Waals surface area contributed by atoms with Crippen LogP contribution < -0.4 is 9.47 Å². The first-order valence-corrected chi connectivity index (χ1v) is 8.69. The topological polar surface area (TPSA) is 89.6 Å². The lowest BCUT2D eigenvalue weighted by molar-refractivity contribution is 0.355. The van der Waals surface area contributed by atoms with Crippen molar-refractivity contribution in [2.45, 2.75) is 0 Å². The third-order valence-corrected chi connectivity index (χ3v) is 4.65. The van der Waals surface area contributed by atoms with Crippen molar-refractivity contribution in [2.75, 3.05) is 14.2 Å². The van der Waals surface area contributed by atoms with Crippen LogP contribution in [0.5, 0.6) is 23.0 Å². The van der Waals surface area contributed by atoms with E-state index in [4.69, 9.17) is 21.1 Å². The predicted octanol–water partition coefficient (Wildman–Crippen LogP) is 4.17. The van der Waals surface area contributed by atoms with Crippen molar-refractivity contribution in [3.05, 3.63) is 53.7 Å². The van der Waals surface area contributed by atoms with E-state index < -0.39 is 0 Å². The number of hydrogen-bond acceptors (Lipinski definition) is 6. The number of halogens is 1. The molecule has 2 aromatic carbocycles. The summed E-state index contributed by atoms with van der Waals surface area (Å²) < 4.78 is 12.5. The number of phenols is 2. The van der Waals surface area contributed by atoms with Gasteiger partial charge in [-0.15, -0.1) is 0 Å². The number of hydrogen-bond donors (Lipinski definition) is 2. The number of nitrogens with zero attached hydrogens (tertiary/aromatic N) is 3. The number of ether oxygens (including phenoxy) is 2. The summed E-state index contributed by atoms with van der Waals surface area (Å²) in [5.74, 6) is 1.17.